The molecule has 0 saturated heterocycles. The predicted molar refractivity (Wildman–Crippen MR) is 204 cm³/mol. The molecule has 0 aliphatic rings. The first kappa shape index (κ1) is 32.4. The van der Waals surface area contributed by atoms with Crippen molar-refractivity contribution < 1.29 is 4.74 Å². The first-order valence-corrected chi connectivity index (χ1v) is 17.5. The van der Waals surface area contributed by atoms with E-state index < -0.39 is 0 Å². The van der Waals surface area contributed by atoms with E-state index in [1.165, 1.54) is 27.5 Å². The van der Waals surface area contributed by atoms with E-state index in [1.54, 1.807) is 0 Å². The van der Waals surface area contributed by atoms with Crippen LogP contribution < -0.4 is 4.74 Å². The summed E-state index contributed by atoms with van der Waals surface area (Å²) in [5.41, 5.74) is 10.4. The number of hydrogen-bond donors (Lipinski definition) is 0. The monoisotopic (exact) mass is 646 g/mol. The fourth-order valence-electron chi connectivity index (χ4n) is 7.18. The first-order valence-electron chi connectivity index (χ1n) is 17.5. The molecule has 49 heavy (non-hydrogen) atoms. The van der Waals surface area contributed by atoms with Crippen LogP contribution >= 0.6 is 0 Å². The Morgan fingerprint density at radius 1 is 0.755 bits per heavy atom. The van der Waals surface area contributed by atoms with Crippen LogP contribution in [0.25, 0.3) is 44.4 Å². The van der Waals surface area contributed by atoms with Gasteiger partial charge in [0.15, 0.2) is 0 Å². The standard InChI is InChI=1S/C44H46N4O/c1-9-32-22-23-45-42(24-32)47-40-21-18-34(28(2)29(3)44(6,7)8)25-39(40)38-20-19-37(27-41(38)47)49-36-17-13-16-35(26-36)48-31(5)43(30(4)46-48)33-14-11-10-12-15-33/h10-29H,9H2,1-8H3. The maximum atomic E-state index is 6.60. The van der Waals surface area contributed by atoms with Gasteiger partial charge in [0.05, 0.1) is 22.4 Å². The van der Waals surface area contributed by atoms with Gasteiger partial charge in [-0.25, -0.2) is 9.67 Å². The Morgan fingerprint density at radius 2 is 1.53 bits per heavy atom. The summed E-state index contributed by atoms with van der Waals surface area (Å²) >= 11 is 0. The van der Waals surface area contributed by atoms with Crippen LogP contribution in [0.5, 0.6) is 11.5 Å². The van der Waals surface area contributed by atoms with Crippen molar-refractivity contribution in [1.82, 2.24) is 19.3 Å². The van der Waals surface area contributed by atoms with Gasteiger partial charge < -0.3 is 4.74 Å². The molecule has 0 saturated carbocycles. The Labute approximate surface area is 290 Å². The van der Waals surface area contributed by atoms with Crippen LogP contribution in [0.3, 0.4) is 0 Å². The van der Waals surface area contributed by atoms with Crippen molar-refractivity contribution in [3.05, 3.63) is 132 Å². The highest BCUT2D eigenvalue weighted by Gasteiger charge is 2.27. The lowest BCUT2D eigenvalue weighted by Gasteiger charge is -2.32. The van der Waals surface area contributed by atoms with E-state index in [0.29, 0.717) is 11.8 Å². The number of benzene rings is 4. The number of fused-ring (bicyclic) bond motifs is 3. The number of ether oxygens (including phenoxy) is 1. The van der Waals surface area contributed by atoms with Crippen LogP contribution in [0.15, 0.2) is 109 Å². The van der Waals surface area contributed by atoms with Crippen molar-refractivity contribution in [1.29, 1.82) is 0 Å². The quantitative estimate of drug-likeness (QED) is 0.165. The zero-order valence-electron chi connectivity index (χ0n) is 30.0. The zero-order valence-corrected chi connectivity index (χ0v) is 30.0. The Balaban J connectivity index is 1.30. The number of aryl methyl sites for hydroxylation is 2. The van der Waals surface area contributed by atoms with Crippen molar-refractivity contribution in [2.24, 2.45) is 11.3 Å². The Bertz CT molecular complexity index is 2290. The van der Waals surface area contributed by atoms with Gasteiger partial charge in [0.25, 0.3) is 0 Å². The summed E-state index contributed by atoms with van der Waals surface area (Å²) in [5, 5.41) is 7.34. The molecule has 3 heterocycles. The topological polar surface area (TPSA) is 44.9 Å². The van der Waals surface area contributed by atoms with Gasteiger partial charge in [0.1, 0.15) is 17.3 Å². The molecule has 0 fully saturated rings. The molecule has 0 N–H and O–H groups in total. The van der Waals surface area contributed by atoms with Gasteiger partial charge in [0, 0.05) is 40.4 Å². The number of hydrogen-bond acceptors (Lipinski definition) is 3. The third-order valence-electron chi connectivity index (χ3n) is 10.5. The van der Waals surface area contributed by atoms with E-state index in [4.69, 9.17) is 14.8 Å². The van der Waals surface area contributed by atoms with E-state index in [1.807, 2.05) is 29.1 Å². The van der Waals surface area contributed by atoms with Crippen LogP contribution in [0.2, 0.25) is 0 Å². The van der Waals surface area contributed by atoms with E-state index in [0.717, 1.165) is 57.4 Å². The van der Waals surface area contributed by atoms with Crippen molar-refractivity contribution in [3.8, 4) is 34.1 Å². The molecule has 0 amide bonds. The van der Waals surface area contributed by atoms with Crippen molar-refractivity contribution in [2.75, 3.05) is 0 Å². The molecular weight excluding hydrogens is 601 g/mol. The summed E-state index contributed by atoms with van der Waals surface area (Å²) in [6, 6.07) is 36.3. The number of nitrogens with zero attached hydrogens (tertiary/aromatic N) is 4. The Kier molecular flexibility index (Phi) is 8.40. The zero-order chi connectivity index (χ0) is 34.4. The summed E-state index contributed by atoms with van der Waals surface area (Å²) in [4.78, 5) is 4.86. The molecule has 248 valence electrons. The van der Waals surface area contributed by atoms with E-state index in [9.17, 15) is 0 Å². The number of pyridine rings is 1. The average molecular weight is 647 g/mol. The normalized spacial score (nSPS) is 13.2. The summed E-state index contributed by atoms with van der Waals surface area (Å²) < 4.78 is 10.9. The van der Waals surface area contributed by atoms with Crippen LogP contribution in [0.4, 0.5) is 0 Å². The maximum Gasteiger partial charge on any atom is 0.137 e. The van der Waals surface area contributed by atoms with Crippen LogP contribution in [-0.4, -0.2) is 19.3 Å². The minimum absolute atomic E-state index is 0.218. The Morgan fingerprint density at radius 3 is 2.29 bits per heavy atom. The fourth-order valence-corrected chi connectivity index (χ4v) is 7.18. The highest BCUT2D eigenvalue weighted by molar-refractivity contribution is 6.09. The average Bonchev–Trinajstić information content (AvgIpc) is 3.59. The van der Waals surface area contributed by atoms with E-state index >= 15 is 0 Å². The minimum Gasteiger partial charge on any atom is -0.457 e. The van der Waals surface area contributed by atoms with Crippen molar-refractivity contribution in [3.63, 3.8) is 0 Å². The summed E-state index contributed by atoms with van der Waals surface area (Å²) in [5.74, 6) is 3.39. The van der Waals surface area contributed by atoms with Gasteiger partial charge in [-0.05, 0) is 103 Å². The highest BCUT2D eigenvalue weighted by atomic mass is 16.5. The molecule has 0 bridgehead atoms. The summed E-state index contributed by atoms with van der Waals surface area (Å²) in [7, 11) is 0. The summed E-state index contributed by atoms with van der Waals surface area (Å²) in [6.07, 6.45) is 2.87. The molecule has 5 heteroatoms. The molecule has 0 spiro atoms. The van der Waals surface area contributed by atoms with Gasteiger partial charge >= 0.3 is 0 Å². The molecule has 0 aliphatic heterocycles. The van der Waals surface area contributed by atoms with Crippen molar-refractivity contribution >= 4 is 21.8 Å². The number of rotatable bonds is 8. The van der Waals surface area contributed by atoms with Gasteiger partial charge in [-0.2, -0.15) is 5.10 Å². The molecule has 0 aliphatic carbocycles. The lowest BCUT2D eigenvalue weighted by Crippen LogP contribution is -2.22. The molecule has 5 nitrogen and oxygen atoms in total. The second-order valence-electron chi connectivity index (χ2n) is 14.5. The second kappa shape index (κ2) is 12.7. The molecule has 2 unspecified atom stereocenters. The predicted octanol–water partition coefficient (Wildman–Crippen LogP) is 11.8. The Hall–Kier alpha value is -5.16. The molecule has 7 aromatic rings. The second-order valence-corrected chi connectivity index (χ2v) is 14.5. The van der Waals surface area contributed by atoms with Gasteiger partial charge in [-0.1, -0.05) is 84.0 Å². The van der Waals surface area contributed by atoms with Gasteiger partial charge in [0.2, 0.25) is 0 Å². The van der Waals surface area contributed by atoms with E-state index in [-0.39, 0.29) is 5.41 Å². The fraction of sp³-hybridized carbons (Fsp3) is 0.273. The van der Waals surface area contributed by atoms with Gasteiger partial charge in [-0.3, -0.25) is 4.57 Å². The largest absolute Gasteiger partial charge is 0.457 e. The highest BCUT2D eigenvalue weighted by Crippen LogP contribution is 2.41. The summed E-state index contributed by atoms with van der Waals surface area (Å²) in [6.45, 7) is 18.1. The maximum absolute atomic E-state index is 6.60. The van der Waals surface area contributed by atoms with Crippen LogP contribution in [0, 0.1) is 25.2 Å². The molecule has 0 radical (unpaired) electrons. The number of aromatic nitrogens is 4. The van der Waals surface area contributed by atoms with E-state index in [2.05, 4.69) is 145 Å². The molecule has 7 rings (SSSR count). The molecule has 4 aromatic carbocycles. The lowest BCUT2D eigenvalue weighted by molar-refractivity contribution is 0.228. The molecule has 2 atom stereocenters. The van der Waals surface area contributed by atoms with Crippen LogP contribution in [-0.2, 0) is 6.42 Å². The molecule has 3 aromatic heterocycles. The molecular formula is C44H46N4O. The van der Waals surface area contributed by atoms with Crippen LogP contribution in [0.1, 0.15) is 70.0 Å². The smallest absolute Gasteiger partial charge is 0.137 e. The third kappa shape index (κ3) is 6.03. The lowest BCUT2D eigenvalue weighted by atomic mass is 9.72. The SMILES string of the molecule is CCc1ccnc(-n2c3ccc(C(C)C(C)C(C)(C)C)cc3c3ccc(Oc4cccc(-n5nc(C)c(-c6ccccc6)c5C)c4)cc32)c1. The third-order valence-corrected chi connectivity index (χ3v) is 10.5. The van der Waals surface area contributed by atoms with Crippen molar-refractivity contribution in [2.45, 2.75) is 67.7 Å². The minimum atomic E-state index is 0.218. The first-order chi connectivity index (χ1) is 23.5. The van der Waals surface area contributed by atoms with Gasteiger partial charge in [-0.15, -0.1) is 0 Å².